The van der Waals surface area contributed by atoms with Gasteiger partial charge in [-0.25, -0.2) is 0 Å². The van der Waals surface area contributed by atoms with Crippen molar-refractivity contribution in [2.24, 2.45) is 5.73 Å². The van der Waals surface area contributed by atoms with E-state index in [2.05, 4.69) is 10.3 Å². The van der Waals surface area contributed by atoms with Crippen LogP contribution in [0.2, 0.25) is 0 Å². The van der Waals surface area contributed by atoms with E-state index >= 15 is 0 Å². The largest absolute Gasteiger partial charge is 0.354 e. The number of carbonyl (C=O) groups excluding carboxylic acids is 1. The Hall–Kier alpha value is -1.42. The van der Waals surface area contributed by atoms with Crippen LogP contribution in [0.15, 0.2) is 24.5 Å². The Morgan fingerprint density at radius 2 is 2.12 bits per heavy atom. The molecule has 0 bridgehead atoms. The van der Waals surface area contributed by atoms with Crippen LogP contribution >= 0.6 is 0 Å². The Morgan fingerprint density at radius 1 is 1.47 bits per heavy atom. The molecule has 0 aliphatic heterocycles. The molecule has 3 N–H and O–H groups in total. The number of carbonyl (C=O) groups is 1. The Kier molecular flexibility index (Phi) is 5.10. The second-order valence-electron chi connectivity index (χ2n) is 4.53. The van der Waals surface area contributed by atoms with Gasteiger partial charge in [-0.05, 0) is 37.5 Å². The minimum absolute atomic E-state index is 0.0755. The summed E-state index contributed by atoms with van der Waals surface area (Å²) in [5.74, 6) is -0.0755. The van der Waals surface area contributed by atoms with Gasteiger partial charge in [0, 0.05) is 18.9 Å². The fourth-order valence-corrected chi connectivity index (χ4v) is 1.70. The highest BCUT2D eigenvalue weighted by Gasteiger charge is 2.26. The third kappa shape index (κ3) is 4.53. The van der Waals surface area contributed by atoms with Gasteiger partial charge in [0.1, 0.15) is 0 Å². The molecule has 0 aliphatic carbocycles. The summed E-state index contributed by atoms with van der Waals surface area (Å²) in [5.41, 5.74) is 6.33. The van der Waals surface area contributed by atoms with Crippen molar-refractivity contribution in [3.8, 4) is 0 Å². The summed E-state index contributed by atoms with van der Waals surface area (Å²) in [7, 11) is 0. The molecule has 94 valence electrons. The number of amides is 1. The molecule has 4 heteroatoms. The van der Waals surface area contributed by atoms with Crippen LogP contribution in [0.25, 0.3) is 0 Å². The maximum Gasteiger partial charge on any atom is 0.239 e. The third-order valence-corrected chi connectivity index (χ3v) is 2.74. The first-order chi connectivity index (χ1) is 8.06. The van der Waals surface area contributed by atoms with Gasteiger partial charge in [0.15, 0.2) is 0 Å². The van der Waals surface area contributed by atoms with E-state index in [4.69, 9.17) is 5.73 Å². The van der Waals surface area contributed by atoms with E-state index in [1.54, 1.807) is 19.3 Å². The van der Waals surface area contributed by atoms with Crippen molar-refractivity contribution >= 4 is 5.91 Å². The molecule has 4 nitrogen and oxygen atoms in total. The summed E-state index contributed by atoms with van der Waals surface area (Å²) in [6, 6.07) is 3.89. The molecule has 1 aromatic heterocycles. The summed E-state index contributed by atoms with van der Waals surface area (Å²) in [6.45, 7) is 4.41. The van der Waals surface area contributed by atoms with E-state index < -0.39 is 5.54 Å². The van der Waals surface area contributed by atoms with Gasteiger partial charge >= 0.3 is 0 Å². The van der Waals surface area contributed by atoms with Crippen LogP contribution in [0, 0.1) is 0 Å². The van der Waals surface area contributed by atoms with E-state index in [0.29, 0.717) is 13.0 Å². The smallest absolute Gasteiger partial charge is 0.239 e. The fourth-order valence-electron chi connectivity index (χ4n) is 1.70. The molecule has 1 unspecified atom stereocenters. The van der Waals surface area contributed by atoms with Gasteiger partial charge in [-0.1, -0.05) is 13.3 Å². The lowest BCUT2D eigenvalue weighted by molar-refractivity contribution is -0.126. The molecular formula is C13H21N3O. The van der Waals surface area contributed by atoms with Gasteiger partial charge in [-0.15, -0.1) is 0 Å². The van der Waals surface area contributed by atoms with Crippen molar-refractivity contribution in [3.05, 3.63) is 30.1 Å². The molecule has 0 fully saturated rings. The summed E-state index contributed by atoms with van der Waals surface area (Å²) in [5, 5.41) is 2.87. The van der Waals surface area contributed by atoms with E-state index in [0.717, 1.165) is 18.4 Å². The zero-order valence-corrected chi connectivity index (χ0v) is 10.6. The van der Waals surface area contributed by atoms with E-state index in [-0.39, 0.29) is 5.91 Å². The normalized spacial score (nSPS) is 14.1. The zero-order chi connectivity index (χ0) is 12.7. The first-order valence-corrected chi connectivity index (χ1v) is 6.02. The quantitative estimate of drug-likeness (QED) is 0.780. The van der Waals surface area contributed by atoms with Crippen LogP contribution in [-0.4, -0.2) is 23.0 Å². The van der Waals surface area contributed by atoms with Gasteiger partial charge in [0.25, 0.3) is 0 Å². The highest BCUT2D eigenvalue weighted by atomic mass is 16.2. The first kappa shape index (κ1) is 13.6. The van der Waals surface area contributed by atoms with Crippen molar-refractivity contribution in [2.75, 3.05) is 6.54 Å². The second kappa shape index (κ2) is 6.35. The Balaban J connectivity index is 2.34. The van der Waals surface area contributed by atoms with E-state index in [9.17, 15) is 4.79 Å². The maximum atomic E-state index is 11.8. The monoisotopic (exact) mass is 235 g/mol. The van der Waals surface area contributed by atoms with Crippen LogP contribution in [0.3, 0.4) is 0 Å². The minimum Gasteiger partial charge on any atom is -0.354 e. The van der Waals surface area contributed by atoms with Crippen molar-refractivity contribution in [2.45, 2.75) is 38.6 Å². The number of nitrogens with zero attached hydrogens (tertiary/aromatic N) is 1. The fraction of sp³-hybridized carbons (Fsp3) is 0.538. The summed E-state index contributed by atoms with van der Waals surface area (Å²) in [6.07, 6.45) is 5.91. The van der Waals surface area contributed by atoms with Crippen LogP contribution in [0.5, 0.6) is 0 Å². The average Bonchev–Trinajstić information content (AvgIpc) is 2.30. The Labute approximate surface area is 103 Å². The molecule has 1 aromatic rings. The van der Waals surface area contributed by atoms with Crippen molar-refractivity contribution in [3.63, 3.8) is 0 Å². The van der Waals surface area contributed by atoms with Crippen LogP contribution in [0.1, 0.15) is 32.3 Å². The molecule has 1 amide bonds. The summed E-state index contributed by atoms with van der Waals surface area (Å²) in [4.78, 5) is 15.7. The lowest BCUT2D eigenvalue weighted by Crippen LogP contribution is -2.51. The predicted molar refractivity (Wildman–Crippen MR) is 68.5 cm³/mol. The SMILES string of the molecule is CCCC(C)(N)C(=O)NCCc1ccncc1. The number of nitrogens with two attached hydrogens (primary N) is 1. The topological polar surface area (TPSA) is 68.0 Å². The minimum atomic E-state index is -0.757. The molecule has 17 heavy (non-hydrogen) atoms. The maximum absolute atomic E-state index is 11.8. The average molecular weight is 235 g/mol. The van der Waals surface area contributed by atoms with E-state index in [1.165, 1.54) is 0 Å². The molecular weight excluding hydrogens is 214 g/mol. The third-order valence-electron chi connectivity index (χ3n) is 2.74. The zero-order valence-electron chi connectivity index (χ0n) is 10.6. The standard InChI is InChI=1S/C13H21N3O/c1-3-7-13(2,14)12(17)16-10-6-11-4-8-15-9-5-11/h4-5,8-9H,3,6-7,10,14H2,1-2H3,(H,16,17). The lowest BCUT2D eigenvalue weighted by Gasteiger charge is -2.22. The first-order valence-electron chi connectivity index (χ1n) is 6.02. The van der Waals surface area contributed by atoms with Gasteiger partial charge < -0.3 is 11.1 Å². The predicted octanol–water partition coefficient (Wildman–Crippen LogP) is 1.26. The molecule has 1 heterocycles. The molecule has 0 aliphatic rings. The number of nitrogens with one attached hydrogen (secondary N) is 1. The molecule has 0 spiro atoms. The van der Waals surface area contributed by atoms with Crippen LogP contribution in [0.4, 0.5) is 0 Å². The van der Waals surface area contributed by atoms with E-state index in [1.807, 2.05) is 19.1 Å². The molecule has 0 radical (unpaired) electrons. The number of rotatable bonds is 6. The van der Waals surface area contributed by atoms with Gasteiger partial charge in [0.05, 0.1) is 5.54 Å². The van der Waals surface area contributed by atoms with Crippen molar-refractivity contribution in [1.29, 1.82) is 0 Å². The summed E-state index contributed by atoms with van der Waals surface area (Å²) >= 11 is 0. The molecule has 0 saturated heterocycles. The molecule has 1 atom stereocenters. The number of hydrogen-bond acceptors (Lipinski definition) is 3. The lowest BCUT2D eigenvalue weighted by atomic mass is 9.96. The van der Waals surface area contributed by atoms with Crippen LogP contribution in [-0.2, 0) is 11.2 Å². The Morgan fingerprint density at radius 3 is 2.71 bits per heavy atom. The van der Waals surface area contributed by atoms with Gasteiger partial charge in [-0.3, -0.25) is 9.78 Å². The number of pyridine rings is 1. The molecule has 1 rings (SSSR count). The Bertz CT molecular complexity index is 349. The second-order valence-corrected chi connectivity index (χ2v) is 4.53. The highest BCUT2D eigenvalue weighted by Crippen LogP contribution is 2.08. The highest BCUT2D eigenvalue weighted by molar-refractivity contribution is 5.85. The number of aromatic nitrogens is 1. The van der Waals surface area contributed by atoms with Gasteiger partial charge in [-0.2, -0.15) is 0 Å². The summed E-state index contributed by atoms with van der Waals surface area (Å²) < 4.78 is 0. The van der Waals surface area contributed by atoms with Crippen LogP contribution < -0.4 is 11.1 Å². The molecule has 0 aromatic carbocycles. The van der Waals surface area contributed by atoms with Crippen molar-refractivity contribution in [1.82, 2.24) is 10.3 Å². The molecule has 0 saturated carbocycles. The van der Waals surface area contributed by atoms with Crippen molar-refractivity contribution < 1.29 is 4.79 Å². The number of hydrogen-bond donors (Lipinski definition) is 2. The van der Waals surface area contributed by atoms with Gasteiger partial charge in [0.2, 0.25) is 5.91 Å².